The topological polar surface area (TPSA) is 54.4 Å². The maximum atomic E-state index is 12.7. The molecule has 5 heteroatoms. The molecule has 0 saturated carbocycles. The van der Waals surface area contributed by atoms with E-state index in [9.17, 15) is 14.7 Å². The average molecular weight is 425 g/mol. The van der Waals surface area contributed by atoms with E-state index in [0.717, 1.165) is 16.0 Å². The molecule has 1 N–H and O–H groups in total. The number of halogens is 1. The lowest BCUT2D eigenvalue weighted by Crippen LogP contribution is -2.15. The van der Waals surface area contributed by atoms with Crippen LogP contribution in [0.15, 0.2) is 83.8 Å². The summed E-state index contributed by atoms with van der Waals surface area (Å²) in [6.07, 6.45) is 0.195. The van der Waals surface area contributed by atoms with E-state index in [4.69, 9.17) is 11.6 Å². The molecule has 0 unspecified atom stereocenters. The van der Waals surface area contributed by atoms with E-state index >= 15 is 0 Å². The molecule has 3 nitrogen and oxygen atoms in total. The van der Waals surface area contributed by atoms with E-state index in [1.807, 2.05) is 66.7 Å². The molecule has 0 fully saturated rings. The average Bonchev–Trinajstić information content (AvgIpc) is 2.73. The molecule has 0 saturated heterocycles. The zero-order valence-corrected chi connectivity index (χ0v) is 17.3. The summed E-state index contributed by atoms with van der Waals surface area (Å²) in [5.41, 5.74) is 2.62. The maximum absolute atomic E-state index is 12.7. The molecular weight excluding hydrogens is 404 g/mol. The minimum atomic E-state index is -0.880. The largest absolute Gasteiger partial charge is 0.481 e. The molecule has 3 rings (SSSR count). The lowest BCUT2D eigenvalue weighted by molar-refractivity contribution is -0.137. The predicted molar refractivity (Wildman–Crippen MR) is 119 cm³/mol. The van der Waals surface area contributed by atoms with Crippen molar-refractivity contribution in [3.05, 3.63) is 89.4 Å². The second-order valence-corrected chi connectivity index (χ2v) is 8.33. The van der Waals surface area contributed by atoms with Gasteiger partial charge in [-0.2, -0.15) is 0 Å². The smallest absolute Gasteiger partial charge is 0.303 e. The molecule has 0 spiro atoms. The Hall–Kier alpha value is -2.56. The van der Waals surface area contributed by atoms with Crippen LogP contribution in [-0.4, -0.2) is 22.6 Å². The Morgan fingerprint density at radius 3 is 2.00 bits per heavy atom. The Labute approximate surface area is 179 Å². The summed E-state index contributed by atoms with van der Waals surface area (Å²) < 4.78 is 0. The zero-order valence-electron chi connectivity index (χ0n) is 15.8. The number of carbonyl (C=O) groups is 2. The number of carboxylic acids is 1. The number of thioether (sulfide) groups is 1. The molecule has 3 aromatic rings. The Balaban J connectivity index is 1.65. The van der Waals surface area contributed by atoms with Gasteiger partial charge in [0, 0.05) is 34.1 Å². The lowest BCUT2D eigenvalue weighted by atomic mass is 9.95. The van der Waals surface area contributed by atoms with Gasteiger partial charge in [-0.3, -0.25) is 9.59 Å². The first-order chi connectivity index (χ1) is 14.0. The number of ketones is 1. The van der Waals surface area contributed by atoms with E-state index < -0.39 is 5.97 Å². The summed E-state index contributed by atoms with van der Waals surface area (Å²) in [6, 6.07) is 24.7. The molecule has 0 amide bonds. The molecule has 1 atom stereocenters. The number of rotatable bonds is 9. The highest BCUT2D eigenvalue weighted by molar-refractivity contribution is 7.99. The molecule has 0 aliphatic heterocycles. The normalized spacial score (nSPS) is 11.8. The van der Waals surface area contributed by atoms with Gasteiger partial charge in [-0.25, -0.2) is 0 Å². The highest BCUT2D eigenvalue weighted by atomic mass is 35.5. The van der Waals surface area contributed by atoms with Crippen molar-refractivity contribution in [3.63, 3.8) is 0 Å². The Kier molecular flexibility index (Phi) is 7.50. The van der Waals surface area contributed by atoms with Gasteiger partial charge in [0.2, 0.25) is 0 Å². The van der Waals surface area contributed by atoms with Crippen molar-refractivity contribution >= 4 is 35.1 Å². The summed E-state index contributed by atoms with van der Waals surface area (Å²) in [5.74, 6) is -0.548. The van der Waals surface area contributed by atoms with Crippen molar-refractivity contribution in [2.45, 2.75) is 17.7 Å². The van der Waals surface area contributed by atoms with Crippen LogP contribution in [0.2, 0.25) is 5.02 Å². The number of hydrogen-bond donors (Lipinski definition) is 1. The zero-order chi connectivity index (χ0) is 20.6. The fourth-order valence-electron chi connectivity index (χ4n) is 3.04. The van der Waals surface area contributed by atoms with Crippen LogP contribution in [0.25, 0.3) is 11.1 Å². The second kappa shape index (κ2) is 10.3. The summed E-state index contributed by atoms with van der Waals surface area (Å²) in [6.45, 7) is 0. The van der Waals surface area contributed by atoms with Gasteiger partial charge in [0.05, 0.1) is 0 Å². The molecule has 0 heterocycles. The van der Waals surface area contributed by atoms with Crippen LogP contribution >= 0.6 is 23.4 Å². The molecule has 0 radical (unpaired) electrons. The fourth-order valence-corrected chi connectivity index (χ4v) is 4.18. The van der Waals surface area contributed by atoms with Crippen LogP contribution in [0, 0.1) is 5.92 Å². The van der Waals surface area contributed by atoms with Crippen molar-refractivity contribution in [2.75, 3.05) is 5.75 Å². The van der Waals surface area contributed by atoms with Crippen molar-refractivity contribution in [1.82, 2.24) is 0 Å². The van der Waals surface area contributed by atoms with Crippen LogP contribution < -0.4 is 0 Å². The summed E-state index contributed by atoms with van der Waals surface area (Å²) in [4.78, 5) is 25.0. The van der Waals surface area contributed by atoms with Crippen molar-refractivity contribution < 1.29 is 14.7 Å². The molecular formula is C24H21ClO3S. The summed E-state index contributed by atoms with van der Waals surface area (Å²) in [5, 5.41) is 9.90. The third kappa shape index (κ3) is 6.48. The molecule has 0 aromatic heterocycles. The number of hydrogen-bond acceptors (Lipinski definition) is 3. The van der Waals surface area contributed by atoms with E-state index in [1.54, 1.807) is 23.9 Å². The van der Waals surface area contributed by atoms with Crippen LogP contribution in [0.5, 0.6) is 0 Å². The lowest BCUT2D eigenvalue weighted by Gasteiger charge is -2.14. The highest BCUT2D eigenvalue weighted by Gasteiger charge is 2.19. The van der Waals surface area contributed by atoms with Crippen LogP contribution in [0.4, 0.5) is 0 Å². The quantitative estimate of drug-likeness (QED) is 0.316. The first-order valence-electron chi connectivity index (χ1n) is 9.30. The minimum absolute atomic E-state index is 0.0194. The molecule has 148 valence electrons. The van der Waals surface area contributed by atoms with Gasteiger partial charge in [0.1, 0.15) is 0 Å². The molecule has 29 heavy (non-hydrogen) atoms. The van der Waals surface area contributed by atoms with E-state index in [-0.39, 0.29) is 24.5 Å². The molecule has 0 bridgehead atoms. The van der Waals surface area contributed by atoms with Gasteiger partial charge in [-0.05, 0) is 41.3 Å². The number of Topliss-reactive ketones (excluding diaryl/α,β-unsaturated/α-hetero) is 1. The number of carboxylic acid groups (broad SMARTS) is 1. The Morgan fingerprint density at radius 1 is 0.828 bits per heavy atom. The van der Waals surface area contributed by atoms with Gasteiger partial charge in [0.15, 0.2) is 5.78 Å². The standard InChI is InChI=1S/C24H21ClO3S/c25-21-12-10-19(11-13-21)18-6-8-20(9-7-18)23(26)14-17(15-24(27)28)16-29-22-4-2-1-3-5-22/h1-13,17H,14-16H2,(H,27,28)/t17-/m1/s1. The maximum Gasteiger partial charge on any atom is 0.303 e. The third-order valence-corrected chi connectivity index (χ3v) is 6.05. The number of aliphatic carboxylic acids is 1. The van der Waals surface area contributed by atoms with Crippen molar-refractivity contribution in [3.8, 4) is 11.1 Å². The molecule has 0 aliphatic carbocycles. The van der Waals surface area contributed by atoms with Crippen LogP contribution in [0.3, 0.4) is 0 Å². The summed E-state index contributed by atoms with van der Waals surface area (Å²) >= 11 is 7.51. The number of benzene rings is 3. The van der Waals surface area contributed by atoms with Gasteiger partial charge in [-0.15, -0.1) is 11.8 Å². The van der Waals surface area contributed by atoms with Gasteiger partial charge in [0.25, 0.3) is 0 Å². The van der Waals surface area contributed by atoms with Crippen LogP contribution in [-0.2, 0) is 4.79 Å². The Bertz CT molecular complexity index is 954. The van der Waals surface area contributed by atoms with E-state index in [0.29, 0.717) is 16.3 Å². The third-order valence-electron chi connectivity index (χ3n) is 4.55. The Morgan fingerprint density at radius 2 is 1.41 bits per heavy atom. The van der Waals surface area contributed by atoms with E-state index in [2.05, 4.69) is 0 Å². The number of carbonyl (C=O) groups excluding carboxylic acids is 1. The van der Waals surface area contributed by atoms with Crippen molar-refractivity contribution in [2.24, 2.45) is 5.92 Å². The molecule has 3 aromatic carbocycles. The van der Waals surface area contributed by atoms with E-state index in [1.165, 1.54) is 0 Å². The predicted octanol–water partition coefficient (Wildman–Crippen LogP) is 6.46. The highest BCUT2D eigenvalue weighted by Crippen LogP contribution is 2.26. The van der Waals surface area contributed by atoms with Crippen molar-refractivity contribution in [1.29, 1.82) is 0 Å². The SMILES string of the molecule is O=C(O)C[C@H](CSc1ccccc1)CC(=O)c1ccc(-c2ccc(Cl)cc2)cc1. The second-order valence-electron chi connectivity index (χ2n) is 6.80. The molecule has 0 aliphatic rings. The van der Waals surface area contributed by atoms with Crippen LogP contribution in [0.1, 0.15) is 23.2 Å². The van der Waals surface area contributed by atoms with Gasteiger partial charge >= 0.3 is 5.97 Å². The monoisotopic (exact) mass is 424 g/mol. The first-order valence-corrected chi connectivity index (χ1v) is 10.7. The van der Waals surface area contributed by atoms with Gasteiger partial charge < -0.3 is 5.11 Å². The summed E-state index contributed by atoms with van der Waals surface area (Å²) in [7, 11) is 0. The van der Waals surface area contributed by atoms with Gasteiger partial charge in [-0.1, -0.05) is 66.2 Å². The minimum Gasteiger partial charge on any atom is -0.481 e. The first kappa shape index (κ1) is 21.2. The fraction of sp³-hybridized carbons (Fsp3) is 0.167.